The Kier molecular flexibility index (Phi) is 3.76. The second kappa shape index (κ2) is 5.36. The van der Waals surface area contributed by atoms with E-state index in [0.717, 1.165) is 5.56 Å². The minimum atomic E-state index is -0.752. The number of carbonyl (C=O) groups excluding carboxylic acids is 1. The van der Waals surface area contributed by atoms with E-state index < -0.39 is 5.97 Å². The summed E-state index contributed by atoms with van der Waals surface area (Å²) in [5, 5.41) is 29.1. The summed E-state index contributed by atoms with van der Waals surface area (Å²) in [7, 11) is 0. The quantitative estimate of drug-likeness (QED) is 0.584. The van der Waals surface area contributed by atoms with Crippen LogP contribution in [0.3, 0.4) is 0 Å². The van der Waals surface area contributed by atoms with Gasteiger partial charge in [0.05, 0.1) is 0 Å². The fourth-order valence-corrected chi connectivity index (χ4v) is 2.08. The van der Waals surface area contributed by atoms with Gasteiger partial charge in [-0.2, -0.15) is 0 Å². The lowest BCUT2D eigenvalue weighted by molar-refractivity contribution is 0.0730. The zero-order valence-electron chi connectivity index (χ0n) is 12.0. The average molecular weight is 288 g/mol. The SMILES string of the molecule is Cc1cc(O)cc(OC(=O)c2c(C)cc(O)c(C)c2O)c1. The molecule has 21 heavy (non-hydrogen) atoms. The Hall–Kier alpha value is -2.69. The number of hydrogen-bond donors (Lipinski definition) is 3. The van der Waals surface area contributed by atoms with Gasteiger partial charge in [-0.15, -0.1) is 0 Å². The summed E-state index contributed by atoms with van der Waals surface area (Å²) in [6, 6.07) is 5.83. The molecule has 0 saturated heterocycles. The van der Waals surface area contributed by atoms with Gasteiger partial charge in [0.25, 0.3) is 0 Å². The van der Waals surface area contributed by atoms with Crippen molar-refractivity contribution in [3.05, 3.63) is 46.5 Å². The number of carbonyl (C=O) groups is 1. The van der Waals surface area contributed by atoms with E-state index in [0.29, 0.717) is 5.56 Å². The first-order valence-corrected chi connectivity index (χ1v) is 6.34. The highest BCUT2D eigenvalue weighted by Crippen LogP contribution is 2.33. The predicted octanol–water partition coefficient (Wildman–Crippen LogP) is 2.95. The third-order valence-electron chi connectivity index (χ3n) is 3.17. The highest BCUT2D eigenvalue weighted by Gasteiger charge is 2.21. The molecule has 0 bridgehead atoms. The first-order valence-electron chi connectivity index (χ1n) is 6.34. The zero-order chi connectivity index (χ0) is 15.7. The van der Waals surface area contributed by atoms with Gasteiger partial charge >= 0.3 is 5.97 Å². The predicted molar refractivity (Wildman–Crippen MR) is 77.0 cm³/mol. The molecular weight excluding hydrogens is 272 g/mol. The van der Waals surface area contributed by atoms with Crippen LogP contribution in [0.15, 0.2) is 24.3 Å². The monoisotopic (exact) mass is 288 g/mol. The Morgan fingerprint density at radius 1 is 1.00 bits per heavy atom. The van der Waals surface area contributed by atoms with Crippen molar-refractivity contribution < 1.29 is 24.9 Å². The minimum Gasteiger partial charge on any atom is -0.508 e. The van der Waals surface area contributed by atoms with Crippen LogP contribution in [0.5, 0.6) is 23.0 Å². The van der Waals surface area contributed by atoms with Crippen molar-refractivity contribution in [3.63, 3.8) is 0 Å². The summed E-state index contributed by atoms with van der Waals surface area (Å²) >= 11 is 0. The maximum Gasteiger partial charge on any atom is 0.347 e. The molecule has 0 radical (unpaired) electrons. The fourth-order valence-electron chi connectivity index (χ4n) is 2.08. The molecule has 3 N–H and O–H groups in total. The number of hydrogen-bond acceptors (Lipinski definition) is 5. The number of aromatic hydroxyl groups is 3. The van der Waals surface area contributed by atoms with Crippen LogP contribution in [0.1, 0.15) is 27.0 Å². The first kappa shape index (κ1) is 14.7. The molecule has 0 aliphatic rings. The molecule has 0 aliphatic carbocycles. The Labute approximate surface area is 122 Å². The van der Waals surface area contributed by atoms with Gasteiger partial charge in [-0.1, -0.05) is 0 Å². The van der Waals surface area contributed by atoms with Crippen LogP contribution in [-0.4, -0.2) is 21.3 Å². The molecule has 0 aromatic heterocycles. The molecule has 2 rings (SSSR count). The van der Waals surface area contributed by atoms with Crippen LogP contribution in [0.4, 0.5) is 0 Å². The molecule has 5 heteroatoms. The summed E-state index contributed by atoms with van der Waals surface area (Å²) in [5.41, 5.74) is 1.34. The van der Waals surface area contributed by atoms with Crippen LogP contribution >= 0.6 is 0 Å². The van der Waals surface area contributed by atoms with Crippen molar-refractivity contribution in [1.29, 1.82) is 0 Å². The molecule has 110 valence electrons. The van der Waals surface area contributed by atoms with E-state index in [2.05, 4.69) is 0 Å². The smallest absolute Gasteiger partial charge is 0.347 e. The number of esters is 1. The second-order valence-electron chi connectivity index (χ2n) is 4.95. The van der Waals surface area contributed by atoms with Gasteiger partial charge in [0, 0.05) is 11.6 Å². The number of phenolic OH excluding ortho intramolecular Hbond substituents is 3. The number of rotatable bonds is 2. The number of aryl methyl sites for hydroxylation is 2. The van der Waals surface area contributed by atoms with Gasteiger partial charge in [0.1, 0.15) is 28.6 Å². The lowest BCUT2D eigenvalue weighted by Gasteiger charge is -2.12. The number of ether oxygens (including phenoxy) is 1. The molecule has 0 heterocycles. The van der Waals surface area contributed by atoms with Crippen molar-refractivity contribution in [3.8, 4) is 23.0 Å². The first-order chi connectivity index (χ1) is 9.79. The van der Waals surface area contributed by atoms with E-state index in [1.54, 1.807) is 19.9 Å². The maximum atomic E-state index is 12.2. The van der Waals surface area contributed by atoms with Crippen molar-refractivity contribution in [1.82, 2.24) is 0 Å². The average Bonchev–Trinajstić information content (AvgIpc) is 2.34. The topological polar surface area (TPSA) is 87.0 Å². The van der Waals surface area contributed by atoms with Crippen molar-refractivity contribution in [2.24, 2.45) is 0 Å². The van der Waals surface area contributed by atoms with E-state index in [1.807, 2.05) is 0 Å². The molecule has 0 amide bonds. The van der Waals surface area contributed by atoms with Crippen molar-refractivity contribution in [2.75, 3.05) is 0 Å². The van der Waals surface area contributed by atoms with Crippen LogP contribution in [0.25, 0.3) is 0 Å². The van der Waals surface area contributed by atoms with Gasteiger partial charge in [0.15, 0.2) is 0 Å². The maximum absolute atomic E-state index is 12.2. The molecule has 0 saturated carbocycles. The molecule has 5 nitrogen and oxygen atoms in total. The molecule has 0 aliphatic heterocycles. The summed E-state index contributed by atoms with van der Waals surface area (Å²) in [4.78, 5) is 12.2. The Bertz CT molecular complexity index is 699. The van der Waals surface area contributed by atoms with Gasteiger partial charge < -0.3 is 20.1 Å². The van der Waals surface area contributed by atoms with E-state index in [9.17, 15) is 20.1 Å². The van der Waals surface area contributed by atoms with Crippen LogP contribution in [0.2, 0.25) is 0 Å². The molecule has 0 unspecified atom stereocenters. The summed E-state index contributed by atoms with van der Waals surface area (Å²) < 4.78 is 5.18. The minimum absolute atomic E-state index is 0.00806. The van der Waals surface area contributed by atoms with E-state index in [4.69, 9.17) is 4.74 Å². The van der Waals surface area contributed by atoms with Gasteiger partial charge in [-0.3, -0.25) is 0 Å². The Balaban J connectivity index is 2.39. The summed E-state index contributed by atoms with van der Waals surface area (Å²) in [6.45, 7) is 4.84. The number of phenols is 3. The largest absolute Gasteiger partial charge is 0.508 e. The molecule has 0 atom stereocenters. The summed E-state index contributed by atoms with van der Waals surface area (Å²) in [6.07, 6.45) is 0. The van der Waals surface area contributed by atoms with Crippen molar-refractivity contribution in [2.45, 2.75) is 20.8 Å². The molecular formula is C16H16O5. The van der Waals surface area contributed by atoms with E-state index in [1.165, 1.54) is 25.1 Å². The fraction of sp³-hybridized carbons (Fsp3) is 0.188. The molecule has 0 fully saturated rings. The third-order valence-corrected chi connectivity index (χ3v) is 3.17. The Morgan fingerprint density at radius 3 is 2.29 bits per heavy atom. The van der Waals surface area contributed by atoms with Crippen LogP contribution in [-0.2, 0) is 0 Å². The highest BCUT2D eigenvalue weighted by atomic mass is 16.5. The van der Waals surface area contributed by atoms with Gasteiger partial charge in [-0.25, -0.2) is 4.79 Å². The van der Waals surface area contributed by atoms with E-state index >= 15 is 0 Å². The normalized spacial score (nSPS) is 10.4. The molecule has 2 aromatic carbocycles. The number of benzene rings is 2. The third kappa shape index (κ3) is 2.91. The highest BCUT2D eigenvalue weighted by molar-refractivity contribution is 5.96. The van der Waals surface area contributed by atoms with Crippen molar-refractivity contribution >= 4 is 5.97 Å². The second-order valence-corrected chi connectivity index (χ2v) is 4.95. The van der Waals surface area contributed by atoms with Gasteiger partial charge in [-0.05, 0) is 50.1 Å². The van der Waals surface area contributed by atoms with Crippen LogP contribution in [0, 0.1) is 20.8 Å². The van der Waals surface area contributed by atoms with Gasteiger partial charge in [0.2, 0.25) is 0 Å². The zero-order valence-corrected chi connectivity index (χ0v) is 12.0. The molecule has 0 spiro atoms. The Morgan fingerprint density at radius 2 is 1.67 bits per heavy atom. The van der Waals surface area contributed by atoms with E-state index in [-0.39, 0.29) is 34.1 Å². The van der Waals surface area contributed by atoms with Crippen LogP contribution < -0.4 is 4.74 Å². The lowest BCUT2D eigenvalue weighted by Crippen LogP contribution is -2.11. The molecule has 2 aromatic rings. The summed E-state index contributed by atoms with van der Waals surface area (Å²) in [5.74, 6) is -0.982. The lowest BCUT2D eigenvalue weighted by atomic mass is 10.0. The standard InChI is InChI=1S/C16H16O5/c1-8-4-11(17)7-12(5-8)21-16(20)14-9(2)6-13(18)10(3)15(14)19/h4-7,17-19H,1-3H3.